The second-order valence-electron chi connectivity index (χ2n) is 4.13. The first-order valence-electron chi connectivity index (χ1n) is 5.85. The van der Waals surface area contributed by atoms with E-state index in [1.807, 2.05) is 26.0 Å². The first-order chi connectivity index (χ1) is 8.45. The molecule has 2 N–H and O–H groups in total. The fourth-order valence-corrected chi connectivity index (χ4v) is 2.56. The standard InChI is InChI=1S/C13H20N2O2S/c1-5-17-10-6-7-11(14)12(8-10)18-9(2)13(16)15(3)4/h6-9H,5,14H2,1-4H3. The van der Waals surface area contributed by atoms with E-state index >= 15 is 0 Å². The zero-order valence-electron chi connectivity index (χ0n) is 11.3. The Kier molecular flexibility index (Phi) is 5.34. The molecule has 0 radical (unpaired) electrons. The van der Waals surface area contributed by atoms with Gasteiger partial charge in [0.25, 0.3) is 0 Å². The molecule has 4 nitrogen and oxygen atoms in total. The number of carbonyl (C=O) groups is 1. The van der Waals surface area contributed by atoms with Crippen LogP contribution in [-0.2, 0) is 4.79 Å². The van der Waals surface area contributed by atoms with Crippen molar-refractivity contribution in [3.8, 4) is 5.75 Å². The average molecular weight is 268 g/mol. The number of benzene rings is 1. The number of hydrogen-bond donors (Lipinski definition) is 1. The van der Waals surface area contributed by atoms with Crippen LogP contribution in [0, 0.1) is 0 Å². The topological polar surface area (TPSA) is 55.6 Å². The van der Waals surface area contributed by atoms with Crippen molar-refractivity contribution >= 4 is 23.4 Å². The second-order valence-corrected chi connectivity index (χ2v) is 5.51. The van der Waals surface area contributed by atoms with Crippen molar-refractivity contribution in [3.63, 3.8) is 0 Å². The molecule has 1 atom stereocenters. The highest BCUT2D eigenvalue weighted by Gasteiger charge is 2.17. The molecule has 0 aliphatic rings. The highest BCUT2D eigenvalue weighted by atomic mass is 32.2. The third-order valence-corrected chi connectivity index (χ3v) is 3.55. The quantitative estimate of drug-likeness (QED) is 0.657. The summed E-state index contributed by atoms with van der Waals surface area (Å²) < 4.78 is 5.43. The van der Waals surface area contributed by atoms with E-state index < -0.39 is 0 Å². The summed E-state index contributed by atoms with van der Waals surface area (Å²) in [6, 6.07) is 5.52. The van der Waals surface area contributed by atoms with Gasteiger partial charge in [0.1, 0.15) is 5.75 Å². The van der Waals surface area contributed by atoms with Crippen LogP contribution in [-0.4, -0.2) is 36.8 Å². The van der Waals surface area contributed by atoms with Crippen LogP contribution in [0.25, 0.3) is 0 Å². The second kappa shape index (κ2) is 6.54. The van der Waals surface area contributed by atoms with Crippen LogP contribution in [0.15, 0.2) is 23.1 Å². The summed E-state index contributed by atoms with van der Waals surface area (Å²) >= 11 is 1.45. The van der Waals surface area contributed by atoms with Gasteiger partial charge in [0.15, 0.2) is 0 Å². The lowest BCUT2D eigenvalue weighted by atomic mass is 10.3. The molecule has 0 aromatic heterocycles. The molecule has 1 aromatic rings. The lowest BCUT2D eigenvalue weighted by molar-refractivity contribution is -0.127. The van der Waals surface area contributed by atoms with Gasteiger partial charge in [-0.05, 0) is 32.0 Å². The molecular weight excluding hydrogens is 248 g/mol. The molecule has 0 saturated heterocycles. The Labute approximate surface area is 112 Å². The number of nitrogen functional groups attached to an aromatic ring is 1. The van der Waals surface area contributed by atoms with Crippen LogP contribution in [0.3, 0.4) is 0 Å². The molecule has 1 rings (SSSR count). The van der Waals surface area contributed by atoms with E-state index in [2.05, 4.69) is 0 Å². The van der Waals surface area contributed by atoms with Gasteiger partial charge in [0, 0.05) is 24.7 Å². The van der Waals surface area contributed by atoms with E-state index in [-0.39, 0.29) is 11.2 Å². The van der Waals surface area contributed by atoms with Crippen molar-refractivity contribution < 1.29 is 9.53 Å². The predicted octanol–water partition coefficient (Wildman–Crippen LogP) is 2.24. The van der Waals surface area contributed by atoms with E-state index in [1.54, 1.807) is 25.1 Å². The molecular formula is C13H20N2O2S. The summed E-state index contributed by atoms with van der Waals surface area (Å²) in [7, 11) is 3.50. The SMILES string of the molecule is CCOc1ccc(N)c(SC(C)C(=O)N(C)C)c1. The Hall–Kier alpha value is -1.36. The van der Waals surface area contributed by atoms with Crippen LogP contribution in [0.5, 0.6) is 5.75 Å². The minimum Gasteiger partial charge on any atom is -0.494 e. The number of amides is 1. The zero-order chi connectivity index (χ0) is 13.7. The maximum absolute atomic E-state index is 11.8. The molecule has 1 unspecified atom stereocenters. The predicted molar refractivity (Wildman–Crippen MR) is 76.0 cm³/mol. The number of ether oxygens (including phenoxy) is 1. The van der Waals surface area contributed by atoms with Gasteiger partial charge in [-0.25, -0.2) is 0 Å². The molecule has 0 aliphatic carbocycles. The van der Waals surface area contributed by atoms with Crippen LogP contribution in [0.4, 0.5) is 5.69 Å². The summed E-state index contributed by atoms with van der Waals surface area (Å²) in [5.41, 5.74) is 6.58. The van der Waals surface area contributed by atoms with E-state index in [0.29, 0.717) is 12.3 Å². The van der Waals surface area contributed by atoms with E-state index in [9.17, 15) is 4.79 Å². The highest BCUT2D eigenvalue weighted by molar-refractivity contribution is 8.00. The lowest BCUT2D eigenvalue weighted by Gasteiger charge is -2.17. The largest absolute Gasteiger partial charge is 0.494 e. The molecule has 0 aliphatic heterocycles. The molecule has 5 heteroatoms. The van der Waals surface area contributed by atoms with Crippen LogP contribution in [0.2, 0.25) is 0 Å². The number of thioether (sulfide) groups is 1. The van der Waals surface area contributed by atoms with Gasteiger partial charge in [-0.1, -0.05) is 0 Å². The van der Waals surface area contributed by atoms with Gasteiger partial charge in [-0.15, -0.1) is 11.8 Å². The average Bonchev–Trinajstić information content (AvgIpc) is 2.32. The van der Waals surface area contributed by atoms with Crippen molar-refractivity contribution in [2.24, 2.45) is 0 Å². The Morgan fingerprint density at radius 3 is 2.72 bits per heavy atom. The van der Waals surface area contributed by atoms with Crippen molar-refractivity contribution in [2.45, 2.75) is 24.0 Å². The van der Waals surface area contributed by atoms with Gasteiger partial charge in [-0.3, -0.25) is 4.79 Å². The van der Waals surface area contributed by atoms with E-state index in [1.165, 1.54) is 11.8 Å². The third kappa shape index (κ3) is 3.84. The van der Waals surface area contributed by atoms with Crippen LogP contribution >= 0.6 is 11.8 Å². The summed E-state index contributed by atoms with van der Waals surface area (Å²) in [6.45, 7) is 4.42. The zero-order valence-corrected chi connectivity index (χ0v) is 12.1. The molecule has 0 fully saturated rings. The normalized spacial score (nSPS) is 12.0. The number of hydrogen-bond acceptors (Lipinski definition) is 4. The number of carbonyl (C=O) groups excluding carboxylic acids is 1. The molecule has 1 aromatic carbocycles. The summed E-state index contributed by atoms with van der Waals surface area (Å²) in [4.78, 5) is 14.3. The maximum atomic E-state index is 11.8. The monoisotopic (exact) mass is 268 g/mol. The first-order valence-corrected chi connectivity index (χ1v) is 6.73. The van der Waals surface area contributed by atoms with Gasteiger partial charge >= 0.3 is 0 Å². The van der Waals surface area contributed by atoms with Gasteiger partial charge in [-0.2, -0.15) is 0 Å². The number of rotatable bonds is 5. The maximum Gasteiger partial charge on any atom is 0.235 e. The fourth-order valence-electron chi connectivity index (χ4n) is 1.48. The Balaban J connectivity index is 2.82. The van der Waals surface area contributed by atoms with Crippen molar-refractivity contribution in [1.82, 2.24) is 4.90 Å². The molecule has 1 amide bonds. The van der Waals surface area contributed by atoms with Crippen LogP contribution in [0.1, 0.15) is 13.8 Å². The number of nitrogens with two attached hydrogens (primary N) is 1. The summed E-state index contributed by atoms with van der Waals surface area (Å²) in [5.74, 6) is 0.847. The van der Waals surface area contributed by atoms with Crippen molar-refractivity contribution in [1.29, 1.82) is 0 Å². The Bertz CT molecular complexity index is 421. The summed E-state index contributed by atoms with van der Waals surface area (Å²) in [6.07, 6.45) is 0. The van der Waals surface area contributed by atoms with Gasteiger partial charge < -0.3 is 15.4 Å². The smallest absolute Gasteiger partial charge is 0.235 e. The molecule has 0 spiro atoms. The molecule has 0 saturated carbocycles. The number of anilines is 1. The van der Waals surface area contributed by atoms with E-state index in [0.717, 1.165) is 10.6 Å². The van der Waals surface area contributed by atoms with Gasteiger partial charge in [0.2, 0.25) is 5.91 Å². The highest BCUT2D eigenvalue weighted by Crippen LogP contribution is 2.32. The fraction of sp³-hybridized carbons (Fsp3) is 0.462. The minimum atomic E-state index is -0.167. The van der Waals surface area contributed by atoms with E-state index in [4.69, 9.17) is 10.5 Å². The molecule has 100 valence electrons. The lowest BCUT2D eigenvalue weighted by Crippen LogP contribution is -2.29. The van der Waals surface area contributed by atoms with Crippen LogP contribution < -0.4 is 10.5 Å². The molecule has 18 heavy (non-hydrogen) atoms. The first kappa shape index (κ1) is 14.7. The third-order valence-electron chi connectivity index (χ3n) is 2.39. The van der Waals surface area contributed by atoms with Crippen molar-refractivity contribution in [3.05, 3.63) is 18.2 Å². The summed E-state index contributed by atoms with van der Waals surface area (Å²) in [5, 5.41) is -0.167. The van der Waals surface area contributed by atoms with Crippen molar-refractivity contribution in [2.75, 3.05) is 26.4 Å². The Morgan fingerprint density at radius 1 is 1.50 bits per heavy atom. The molecule has 0 bridgehead atoms. The minimum absolute atomic E-state index is 0.0706. The molecule has 0 heterocycles. The van der Waals surface area contributed by atoms with Gasteiger partial charge in [0.05, 0.1) is 11.9 Å². The Morgan fingerprint density at radius 2 is 2.17 bits per heavy atom. The number of nitrogens with zero attached hydrogens (tertiary/aromatic N) is 1.